The first-order valence-corrected chi connectivity index (χ1v) is 7.35. The first-order chi connectivity index (χ1) is 8.65. The van der Waals surface area contributed by atoms with Crippen LogP contribution >= 0.6 is 0 Å². The smallest absolute Gasteiger partial charge is 0.188 e. The minimum atomic E-state index is 0.535. The number of hydrogen-bond donors (Lipinski definition) is 2. The molecule has 3 N–H and O–H groups in total. The largest absolute Gasteiger partial charge is 0.370 e. The number of rotatable bonds is 6. The second-order valence-corrected chi connectivity index (χ2v) is 5.58. The molecule has 0 aromatic rings. The van der Waals surface area contributed by atoms with Crippen LogP contribution in [0, 0.1) is 5.92 Å². The van der Waals surface area contributed by atoms with Crippen LogP contribution in [0.5, 0.6) is 0 Å². The monoisotopic (exact) mass is 254 g/mol. The lowest BCUT2D eigenvalue weighted by Crippen LogP contribution is -2.40. The van der Waals surface area contributed by atoms with E-state index < -0.39 is 0 Å². The molecule has 0 aromatic carbocycles. The van der Waals surface area contributed by atoms with E-state index in [2.05, 4.69) is 36.2 Å². The Balaban J connectivity index is 2.46. The highest BCUT2D eigenvalue weighted by Gasteiger charge is 2.24. The maximum atomic E-state index is 5.86. The van der Waals surface area contributed by atoms with Crippen LogP contribution in [0.1, 0.15) is 45.4 Å². The molecule has 1 aliphatic rings. The molecule has 0 aromatic heterocycles. The zero-order valence-electron chi connectivity index (χ0n) is 12.3. The van der Waals surface area contributed by atoms with E-state index in [1.807, 2.05) is 0 Å². The Morgan fingerprint density at radius 1 is 1.33 bits per heavy atom. The van der Waals surface area contributed by atoms with Crippen molar-refractivity contribution < 1.29 is 0 Å². The molecule has 0 heterocycles. The van der Waals surface area contributed by atoms with E-state index in [0.717, 1.165) is 25.4 Å². The standard InChI is InChI=1S/C14H30N4/c1-4-10-16-14(15)17-11-13(18(2)3)12-8-6-5-7-9-12/h12-13H,4-11H2,1-3H3,(H3,15,16,17). The van der Waals surface area contributed by atoms with E-state index in [4.69, 9.17) is 5.73 Å². The highest BCUT2D eigenvalue weighted by molar-refractivity contribution is 5.77. The molecular formula is C14H30N4. The third kappa shape index (κ3) is 5.25. The minimum Gasteiger partial charge on any atom is -0.370 e. The lowest BCUT2D eigenvalue weighted by molar-refractivity contribution is 0.176. The summed E-state index contributed by atoms with van der Waals surface area (Å²) in [6, 6.07) is 0.535. The van der Waals surface area contributed by atoms with Crippen molar-refractivity contribution >= 4 is 5.96 Å². The first-order valence-electron chi connectivity index (χ1n) is 7.35. The molecule has 0 bridgehead atoms. The van der Waals surface area contributed by atoms with Crippen LogP contribution < -0.4 is 11.1 Å². The van der Waals surface area contributed by atoms with Crippen LogP contribution in [-0.4, -0.2) is 44.1 Å². The minimum absolute atomic E-state index is 0.535. The fraction of sp³-hybridized carbons (Fsp3) is 0.929. The highest BCUT2D eigenvalue weighted by atomic mass is 15.1. The zero-order chi connectivity index (χ0) is 13.4. The highest BCUT2D eigenvalue weighted by Crippen LogP contribution is 2.28. The molecule has 0 amide bonds. The Hall–Kier alpha value is -0.770. The van der Waals surface area contributed by atoms with Crippen molar-refractivity contribution in [3.8, 4) is 0 Å². The van der Waals surface area contributed by atoms with E-state index in [0.29, 0.717) is 12.0 Å². The van der Waals surface area contributed by atoms with Gasteiger partial charge in [-0.3, -0.25) is 4.99 Å². The number of nitrogens with two attached hydrogens (primary N) is 1. The number of nitrogens with zero attached hydrogens (tertiary/aromatic N) is 2. The number of nitrogens with one attached hydrogen (secondary N) is 1. The maximum Gasteiger partial charge on any atom is 0.188 e. The van der Waals surface area contributed by atoms with E-state index in [1.165, 1.54) is 32.1 Å². The van der Waals surface area contributed by atoms with Crippen molar-refractivity contribution in [2.75, 3.05) is 27.2 Å². The molecule has 0 spiro atoms. The molecule has 1 rings (SSSR count). The summed E-state index contributed by atoms with van der Waals surface area (Å²) in [5.74, 6) is 1.39. The lowest BCUT2D eigenvalue weighted by atomic mass is 9.83. The van der Waals surface area contributed by atoms with Crippen molar-refractivity contribution in [1.29, 1.82) is 0 Å². The second kappa shape index (κ2) is 8.35. The van der Waals surface area contributed by atoms with Gasteiger partial charge in [-0.2, -0.15) is 0 Å². The maximum absolute atomic E-state index is 5.86. The van der Waals surface area contributed by atoms with Crippen LogP contribution in [0.4, 0.5) is 0 Å². The topological polar surface area (TPSA) is 53.6 Å². The Bertz CT molecular complexity index is 244. The molecule has 0 radical (unpaired) electrons. The van der Waals surface area contributed by atoms with Crippen molar-refractivity contribution in [1.82, 2.24) is 10.2 Å². The van der Waals surface area contributed by atoms with E-state index in [9.17, 15) is 0 Å². The van der Waals surface area contributed by atoms with Gasteiger partial charge in [0.15, 0.2) is 5.96 Å². The molecule has 1 unspecified atom stereocenters. The van der Waals surface area contributed by atoms with E-state index >= 15 is 0 Å². The van der Waals surface area contributed by atoms with Gasteiger partial charge in [0, 0.05) is 12.6 Å². The number of guanidine groups is 1. The molecule has 0 saturated heterocycles. The Morgan fingerprint density at radius 2 is 2.00 bits per heavy atom. The van der Waals surface area contributed by atoms with Gasteiger partial charge >= 0.3 is 0 Å². The quantitative estimate of drug-likeness (QED) is 0.561. The molecular weight excluding hydrogens is 224 g/mol. The Labute approximate surface area is 112 Å². The van der Waals surface area contributed by atoms with Gasteiger partial charge in [-0.25, -0.2) is 0 Å². The Morgan fingerprint density at radius 3 is 2.56 bits per heavy atom. The molecule has 4 heteroatoms. The predicted octanol–water partition coefficient (Wildman–Crippen LogP) is 1.81. The average molecular weight is 254 g/mol. The van der Waals surface area contributed by atoms with Gasteiger partial charge in [0.2, 0.25) is 0 Å². The molecule has 1 aliphatic carbocycles. The summed E-state index contributed by atoms with van der Waals surface area (Å²) in [5.41, 5.74) is 5.86. The second-order valence-electron chi connectivity index (χ2n) is 5.58. The van der Waals surface area contributed by atoms with Gasteiger partial charge in [0.25, 0.3) is 0 Å². The summed E-state index contributed by atoms with van der Waals surface area (Å²) >= 11 is 0. The summed E-state index contributed by atoms with van der Waals surface area (Å²) < 4.78 is 0. The fourth-order valence-corrected chi connectivity index (χ4v) is 2.75. The third-order valence-corrected chi connectivity index (χ3v) is 3.86. The van der Waals surface area contributed by atoms with E-state index in [1.54, 1.807) is 0 Å². The van der Waals surface area contributed by atoms with Crippen LogP contribution in [-0.2, 0) is 0 Å². The van der Waals surface area contributed by atoms with Gasteiger partial charge in [0.1, 0.15) is 0 Å². The van der Waals surface area contributed by atoms with Crippen LogP contribution in [0.3, 0.4) is 0 Å². The summed E-state index contributed by atoms with van der Waals surface area (Å²) in [5, 5.41) is 3.14. The summed E-state index contributed by atoms with van der Waals surface area (Å²) in [4.78, 5) is 6.81. The normalized spacial score (nSPS) is 20.1. The Kier molecular flexibility index (Phi) is 7.09. The summed E-state index contributed by atoms with van der Waals surface area (Å²) in [6.07, 6.45) is 7.93. The SMILES string of the molecule is CCCNC(N)=NCC(C1CCCCC1)N(C)C. The van der Waals surface area contributed by atoms with Crippen LogP contribution in [0.2, 0.25) is 0 Å². The van der Waals surface area contributed by atoms with Gasteiger partial charge < -0.3 is 16.0 Å². The molecule has 1 fully saturated rings. The number of hydrogen-bond acceptors (Lipinski definition) is 2. The van der Waals surface area contributed by atoms with Gasteiger partial charge in [-0.1, -0.05) is 26.2 Å². The van der Waals surface area contributed by atoms with Gasteiger partial charge in [0.05, 0.1) is 6.54 Å². The van der Waals surface area contributed by atoms with E-state index in [-0.39, 0.29) is 0 Å². The van der Waals surface area contributed by atoms with Crippen molar-refractivity contribution in [2.24, 2.45) is 16.6 Å². The summed E-state index contributed by atoms with van der Waals surface area (Å²) in [7, 11) is 4.31. The number of likely N-dealkylation sites (N-methyl/N-ethyl adjacent to an activating group) is 1. The summed E-state index contributed by atoms with van der Waals surface area (Å²) in [6.45, 7) is 3.86. The number of aliphatic imine (C=N–C) groups is 1. The van der Waals surface area contributed by atoms with Gasteiger partial charge in [-0.05, 0) is 39.3 Å². The fourth-order valence-electron chi connectivity index (χ4n) is 2.75. The first kappa shape index (κ1) is 15.3. The molecule has 18 heavy (non-hydrogen) atoms. The molecule has 4 nitrogen and oxygen atoms in total. The molecule has 106 valence electrons. The van der Waals surface area contributed by atoms with Gasteiger partial charge in [-0.15, -0.1) is 0 Å². The average Bonchev–Trinajstić information content (AvgIpc) is 2.37. The van der Waals surface area contributed by atoms with Crippen molar-refractivity contribution in [3.63, 3.8) is 0 Å². The third-order valence-electron chi connectivity index (χ3n) is 3.86. The predicted molar refractivity (Wildman–Crippen MR) is 78.8 cm³/mol. The van der Waals surface area contributed by atoms with Crippen molar-refractivity contribution in [2.45, 2.75) is 51.5 Å². The van der Waals surface area contributed by atoms with Crippen LogP contribution in [0.25, 0.3) is 0 Å². The van der Waals surface area contributed by atoms with Crippen LogP contribution in [0.15, 0.2) is 4.99 Å². The zero-order valence-corrected chi connectivity index (χ0v) is 12.3. The molecule has 0 aliphatic heterocycles. The van der Waals surface area contributed by atoms with Crippen molar-refractivity contribution in [3.05, 3.63) is 0 Å². The molecule has 1 atom stereocenters. The molecule has 1 saturated carbocycles. The lowest BCUT2D eigenvalue weighted by Gasteiger charge is -2.33.